The van der Waals surface area contributed by atoms with Crippen LogP contribution >= 0.6 is 34.5 Å². The number of benzene rings is 2. The number of carbonyl (C=O) groups excluding carboxylic acids is 2. The number of halogens is 2. The molecule has 0 saturated heterocycles. The minimum atomic E-state index is -0.243. The van der Waals surface area contributed by atoms with Gasteiger partial charge in [-0.3, -0.25) is 14.7 Å². The van der Waals surface area contributed by atoms with Gasteiger partial charge < -0.3 is 10.6 Å². The van der Waals surface area contributed by atoms with Crippen molar-refractivity contribution in [3.05, 3.63) is 75.1 Å². The number of fused-ring (bicyclic) bond motifs is 1. The highest BCUT2D eigenvalue weighted by Gasteiger charge is 2.16. The highest BCUT2D eigenvalue weighted by molar-refractivity contribution is 7.18. The lowest BCUT2D eigenvalue weighted by Crippen LogP contribution is -2.15. The summed E-state index contributed by atoms with van der Waals surface area (Å²) in [6, 6.07) is 16.4. The maximum atomic E-state index is 12.4. The molecule has 0 unspecified atom stereocenters. The van der Waals surface area contributed by atoms with Crippen molar-refractivity contribution in [2.24, 2.45) is 0 Å². The SMILES string of the molecule is O=C(Cc1cc2c(NC(=O)Cc3ccccc3)[nH]nc2s1)Nc1c(Cl)cccc1Cl. The molecule has 6 nitrogen and oxygen atoms in total. The topological polar surface area (TPSA) is 86.9 Å². The first kappa shape index (κ1) is 20.4. The number of amides is 2. The van der Waals surface area contributed by atoms with Gasteiger partial charge in [0.2, 0.25) is 11.8 Å². The second kappa shape index (κ2) is 8.87. The summed E-state index contributed by atoms with van der Waals surface area (Å²) in [5.41, 5.74) is 1.31. The molecule has 30 heavy (non-hydrogen) atoms. The molecule has 3 N–H and O–H groups in total. The summed E-state index contributed by atoms with van der Waals surface area (Å²) in [5.74, 6) is 0.126. The Kier molecular flexibility index (Phi) is 6.03. The van der Waals surface area contributed by atoms with Gasteiger partial charge in [0.15, 0.2) is 0 Å². The molecule has 0 aliphatic carbocycles. The second-order valence-corrected chi connectivity index (χ2v) is 8.49. The molecule has 0 radical (unpaired) electrons. The van der Waals surface area contributed by atoms with Crippen molar-refractivity contribution < 1.29 is 9.59 Å². The molecular weight excluding hydrogens is 443 g/mol. The Balaban J connectivity index is 1.43. The number of rotatable bonds is 6. The molecular formula is C21H16Cl2N4O2S. The molecule has 4 rings (SSSR count). The number of H-pyrrole nitrogens is 1. The van der Waals surface area contributed by atoms with Gasteiger partial charge in [0, 0.05) is 4.88 Å². The van der Waals surface area contributed by atoms with Gasteiger partial charge in [-0.1, -0.05) is 59.6 Å². The predicted octanol–water partition coefficient (Wildman–Crippen LogP) is 5.29. The van der Waals surface area contributed by atoms with Crippen LogP contribution in [-0.2, 0) is 22.4 Å². The molecule has 0 saturated carbocycles. The van der Waals surface area contributed by atoms with E-state index in [0.29, 0.717) is 26.4 Å². The van der Waals surface area contributed by atoms with Crippen LogP contribution < -0.4 is 10.6 Å². The molecule has 0 atom stereocenters. The second-order valence-electron chi connectivity index (χ2n) is 6.56. The van der Waals surface area contributed by atoms with Crippen molar-refractivity contribution in [3.8, 4) is 0 Å². The largest absolute Gasteiger partial charge is 0.323 e. The maximum absolute atomic E-state index is 12.4. The third-order valence-corrected chi connectivity index (χ3v) is 5.99. The van der Waals surface area contributed by atoms with Crippen LogP contribution in [0, 0.1) is 0 Å². The summed E-state index contributed by atoms with van der Waals surface area (Å²) in [5, 5.41) is 14.2. The van der Waals surface area contributed by atoms with Crippen LogP contribution in [0.5, 0.6) is 0 Å². The molecule has 0 aliphatic heterocycles. The maximum Gasteiger partial charge on any atom is 0.229 e. The van der Waals surface area contributed by atoms with Gasteiger partial charge >= 0.3 is 0 Å². The molecule has 2 aromatic heterocycles. The number of nitrogens with one attached hydrogen (secondary N) is 3. The van der Waals surface area contributed by atoms with Gasteiger partial charge in [-0.05, 0) is 23.8 Å². The van der Waals surface area contributed by atoms with Crippen molar-refractivity contribution in [2.45, 2.75) is 12.8 Å². The average Bonchev–Trinajstić information content (AvgIpc) is 3.27. The number of thiophene rings is 1. The van der Waals surface area contributed by atoms with Gasteiger partial charge in [0.1, 0.15) is 10.6 Å². The molecule has 2 amide bonds. The van der Waals surface area contributed by atoms with E-state index in [0.717, 1.165) is 15.8 Å². The summed E-state index contributed by atoms with van der Waals surface area (Å²) >= 11 is 13.6. The van der Waals surface area contributed by atoms with Crippen LogP contribution in [-0.4, -0.2) is 22.0 Å². The first-order chi connectivity index (χ1) is 14.5. The fourth-order valence-electron chi connectivity index (χ4n) is 2.97. The smallest absolute Gasteiger partial charge is 0.229 e. The summed E-state index contributed by atoms with van der Waals surface area (Å²) < 4.78 is 0. The van der Waals surface area contributed by atoms with E-state index >= 15 is 0 Å². The Morgan fingerprint density at radius 3 is 2.37 bits per heavy atom. The molecule has 0 aliphatic rings. The van der Waals surface area contributed by atoms with E-state index in [1.54, 1.807) is 18.2 Å². The fourth-order valence-corrected chi connectivity index (χ4v) is 4.45. The van der Waals surface area contributed by atoms with Crippen LogP contribution in [0.15, 0.2) is 54.6 Å². The fraction of sp³-hybridized carbons (Fsp3) is 0.0952. The molecule has 4 aromatic rings. The average molecular weight is 459 g/mol. The first-order valence-corrected chi connectivity index (χ1v) is 10.6. The van der Waals surface area contributed by atoms with Crippen LogP contribution in [0.1, 0.15) is 10.4 Å². The predicted molar refractivity (Wildman–Crippen MR) is 122 cm³/mol. The number of para-hydroxylation sites is 1. The van der Waals surface area contributed by atoms with Crippen LogP contribution in [0.25, 0.3) is 10.2 Å². The summed E-state index contributed by atoms with van der Waals surface area (Å²) in [6.07, 6.45) is 0.402. The van der Waals surface area contributed by atoms with E-state index in [1.807, 2.05) is 36.4 Å². The Hall–Kier alpha value is -2.87. The molecule has 152 valence electrons. The molecule has 0 spiro atoms. The molecule has 2 aromatic carbocycles. The van der Waals surface area contributed by atoms with Crippen molar-refractivity contribution in [3.63, 3.8) is 0 Å². The number of hydrogen-bond acceptors (Lipinski definition) is 4. The lowest BCUT2D eigenvalue weighted by atomic mass is 10.1. The zero-order chi connectivity index (χ0) is 21.1. The van der Waals surface area contributed by atoms with E-state index in [2.05, 4.69) is 20.8 Å². The minimum Gasteiger partial charge on any atom is -0.323 e. The van der Waals surface area contributed by atoms with Gasteiger partial charge in [0.25, 0.3) is 0 Å². The van der Waals surface area contributed by atoms with Gasteiger partial charge in [-0.15, -0.1) is 11.3 Å². The first-order valence-electron chi connectivity index (χ1n) is 9.04. The Morgan fingerprint density at radius 2 is 1.63 bits per heavy atom. The number of nitrogens with zero attached hydrogens (tertiary/aromatic N) is 1. The van der Waals surface area contributed by atoms with Crippen LogP contribution in [0.2, 0.25) is 10.0 Å². The zero-order valence-corrected chi connectivity index (χ0v) is 17.9. The Bertz CT molecular complexity index is 1200. The highest BCUT2D eigenvalue weighted by Crippen LogP contribution is 2.32. The standard InChI is InChI=1S/C21H16Cl2N4O2S/c22-15-7-4-8-16(23)19(15)24-18(29)11-13-10-14-20(26-27-21(14)30-13)25-17(28)9-12-5-2-1-3-6-12/h1-8,10H,9,11H2,(H,24,29)(H2,25,26,27,28). The van der Waals surface area contributed by atoms with E-state index in [-0.39, 0.29) is 24.7 Å². The van der Waals surface area contributed by atoms with Crippen LogP contribution in [0.4, 0.5) is 11.5 Å². The summed E-state index contributed by atoms with van der Waals surface area (Å²) in [4.78, 5) is 26.3. The summed E-state index contributed by atoms with van der Waals surface area (Å²) in [7, 11) is 0. The molecule has 9 heteroatoms. The van der Waals surface area contributed by atoms with E-state index in [4.69, 9.17) is 23.2 Å². The van der Waals surface area contributed by atoms with Crippen molar-refractivity contribution in [1.82, 2.24) is 10.2 Å². The van der Waals surface area contributed by atoms with Gasteiger partial charge in [-0.2, -0.15) is 5.10 Å². The van der Waals surface area contributed by atoms with Gasteiger partial charge in [-0.25, -0.2) is 0 Å². The third-order valence-electron chi connectivity index (χ3n) is 4.34. The monoisotopic (exact) mass is 458 g/mol. The number of aromatic nitrogens is 2. The lowest BCUT2D eigenvalue weighted by molar-refractivity contribution is -0.116. The number of anilines is 2. The summed E-state index contributed by atoms with van der Waals surface area (Å²) in [6.45, 7) is 0. The molecule has 0 fully saturated rings. The Morgan fingerprint density at radius 1 is 0.933 bits per heavy atom. The third kappa shape index (κ3) is 4.64. The van der Waals surface area contributed by atoms with E-state index < -0.39 is 0 Å². The van der Waals surface area contributed by atoms with E-state index in [9.17, 15) is 9.59 Å². The normalized spacial score (nSPS) is 10.9. The lowest BCUT2D eigenvalue weighted by Gasteiger charge is -2.08. The molecule has 2 heterocycles. The van der Waals surface area contributed by atoms with E-state index in [1.165, 1.54) is 11.3 Å². The highest BCUT2D eigenvalue weighted by atomic mass is 35.5. The number of hydrogen-bond donors (Lipinski definition) is 3. The van der Waals surface area contributed by atoms with Crippen molar-refractivity contribution in [2.75, 3.05) is 10.6 Å². The molecule has 0 bridgehead atoms. The Labute approximate surface area is 186 Å². The van der Waals surface area contributed by atoms with Crippen molar-refractivity contribution in [1.29, 1.82) is 0 Å². The van der Waals surface area contributed by atoms with Gasteiger partial charge in [0.05, 0.1) is 34.0 Å². The number of carbonyl (C=O) groups is 2. The number of aromatic amines is 1. The quantitative estimate of drug-likeness (QED) is 0.366. The minimum absolute atomic E-state index is 0.139. The zero-order valence-electron chi connectivity index (χ0n) is 15.5. The van der Waals surface area contributed by atoms with Crippen molar-refractivity contribution >= 4 is 68.1 Å². The van der Waals surface area contributed by atoms with Crippen LogP contribution in [0.3, 0.4) is 0 Å².